The van der Waals surface area contributed by atoms with Crippen LogP contribution < -0.4 is 4.74 Å². The zero-order valence-electron chi connectivity index (χ0n) is 13.0. The molecule has 0 fully saturated rings. The van der Waals surface area contributed by atoms with Gasteiger partial charge in [-0.3, -0.25) is 0 Å². The predicted molar refractivity (Wildman–Crippen MR) is 96.6 cm³/mol. The van der Waals surface area contributed by atoms with E-state index in [0.717, 1.165) is 32.5 Å². The quantitative estimate of drug-likeness (QED) is 0.494. The maximum absolute atomic E-state index is 5.54. The van der Waals surface area contributed by atoms with E-state index in [0.29, 0.717) is 18.3 Å². The second-order valence-electron chi connectivity index (χ2n) is 5.06. The topological polar surface area (TPSA) is 63.9 Å². The first kappa shape index (κ1) is 15.3. The number of H-pyrrole nitrogens is 1. The summed E-state index contributed by atoms with van der Waals surface area (Å²) in [7, 11) is 0. The van der Waals surface area contributed by atoms with E-state index in [1.807, 2.05) is 42.6 Å². The Morgan fingerprint density at radius 1 is 1.29 bits per heavy atom. The largest absolute Gasteiger partial charge is 0.494 e. The molecule has 24 heavy (non-hydrogen) atoms. The van der Waals surface area contributed by atoms with Crippen LogP contribution in [0.25, 0.3) is 21.8 Å². The Morgan fingerprint density at radius 3 is 3.08 bits per heavy atom. The van der Waals surface area contributed by atoms with Gasteiger partial charge in [-0.05, 0) is 30.5 Å². The molecule has 1 N–H and O–H groups in total. The minimum absolute atomic E-state index is 0.653. The number of aromatic nitrogens is 3. The summed E-state index contributed by atoms with van der Waals surface area (Å²) in [6, 6.07) is 9.87. The Labute approximate surface area is 147 Å². The Balaban J connectivity index is 1.46. The Morgan fingerprint density at radius 2 is 2.25 bits per heavy atom. The lowest BCUT2D eigenvalue weighted by Gasteiger charge is -2.00. The maximum atomic E-state index is 5.54. The van der Waals surface area contributed by atoms with Crippen LogP contribution >= 0.6 is 23.1 Å². The van der Waals surface area contributed by atoms with Gasteiger partial charge in [0, 0.05) is 11.8 Å². The number of benzene rings is 1. The molecule has 0 amide bonds. The van der Waals surface area contributed by atoms with Gasteiger partial charge in [0.1, 0.15) is 12.0 Å². The fourth-order valence-corrected chi connectivity index (χ4v) is 3.74. The monoisotopic (exact) mass is 357 g/mol. The van der Waals surface area contributed by atoms with Crippen molar-refractivity contribution in [1.29, 1.82) is 0 Å². The van der Waals surface area contributed by atoms with Crippen LogP contribution in [-0.4, -0.2) is 21.6 Å². The third-order valence-electron chi connectivity index (χ3n) is 3.38. The number of fused-ring (bicyclic) bond motifs is 1. The number of thioether (sulfide) groups is 1. The standard InChI is InChI=1S/C17H15N3O2S2/c1-2-21-12-5-6-13-14(8-12)20-17(19-13)24-10-11-9-22-16(18-11)15-4-3-7-23-15/h3-9H,2,10H2,1H3,(H,19,20). The summed E-state index contributed by atoms with van der Waals surface area (Å²) in [6.07, 6.45) is 1.71. The third kappa shape index (κ3) is 3.18. The molecule has 3 heterocycles. The van der Waals surface area contributed by atoms with E-state index in [4.69, 9.17) is 9.15 Å². The zero-order chi connectivity index (χ0) is 16.4. The number of thiophene rings is 1. The SMILES string of the molecule is CCOc1ccc2nc(SCc3coc(-c4cccs4)n3)[nH]c2c1. The van der Waals surface area contributed by atoms with Gasteiger partial charge in [0.2, 0.25) is 5.89 Å². The van der Waals surface area contributed by atoms with Gasteiger partial charge in [0.05, 0.1) is 28.2 Å². The van der Waals surface area contributed by atoms with Gasteiger partial charge < -0.3 is 14.1 Å². The fraction of sp³-hybridized carbons (Fsp3) is 0.176. The Kier molecular flexibility index (Phi) is 4.27. The molecule has 0 saturated carbocycles. The van der Waals surface area contributed by atoms with E-state index in [1.165, 1.54) is 0 Å². The molecule has 0 spiro atoms. The summed E-state index contributed by atoms with van der Waals surface area (Å²) in [5, 5.41) is 2.87. The van der Waals surface area contributed by atoms with Crippen molar-refractivity contribution in [2.24, 2.45) is 0 Å². The van der Waals surface area contributed by atoms with E-state index >= 15 is 0 Å². The van der Waals surface area contributed by atoms with E-state index < -0.39 is 0 Å². The van der Waals surface area contributed by atoms with Gasteiger partial charge in [-0.2, -0.15) is 0 Å². The summed E-state index contributed by atoms with van der Waals surface area (Å²) in [5.74, 6) is 2.22. The highest BCUT2D eigenvalue weighted by atomic mass is 32.2. The van der Waals surface area contributed by atoms with Crippen LogP contribution in [0.4, 0.5) is 0 Å². The molecule has 0 unspecified atom stereocenters. The molecule has 7 heteroatoms. The molecule has 0 atom stereocenters. The van der Waals surface area contributed by atoms with Gasteiger partial charge in [0.15, 0.2) is 5.16 Å². The van der Waals surface area contributed by atoms with Gasteiger partial charge in [-0.25, -0.2) is 9.97 Å². The van der Waals surface area contributed by atoms with E-state index in [9.17, 15) is 0 Å². The number of nitrogens with zero attached hydrogens (tertiary/aromatic N) is 2. The number of hydrogen-bond donors (Lipinski definition) is 1. The lowest BCUT2D eigenvalue weighted by atomic mass is 10.3. The first-order valence-corrected chi connectivity index (χ1v) is 9.42. The van der Waals surface area contributed by atoms with Crippen molar-refractivity contribution in [3.63, 3.8) is 0 Å². The molecule has 0 aliphatic carbocycles. The summed E-state index contributed by atoms with van der Waals surface area (Å²) < 4.78 is 11.1. The van der Waals surface area contributed by atoms with Crippen molar-refractivity contribution in [3.8, 4) is 16.5 Å². The van der Waals surface area contributed by atoms with Crippen LogP contribution in [0.3, 0.4) is 0 Å². The van der Waals surface area contributed by atoms with Gasteiger partial charge in [-0.1, -0.05) is 17.8 Å². The van der Waals surface area contributed by atoms with Crippen LogP contribution in [0.2, 0.25) is 0 Å². The first-order chi connectivity index (χ1) is 11.8. The lowest BCUT2D eigenvalue weighted by Crippen LogP contribution is -1.90. The van der Waals surface area contributed by atoms with Crippen molar-refractivity contribution >= 4 is 34.1 Å². The smallest absolute Gasteiger partial charge is 0.236 e. The van der Waals surface area contributed by atoms with Crippen LogP contribution in [0.1, 0.15) is 12.6 Å². The number of rotatable bonds is 6. The molecular weight excluding hydrogens is 342 g/mol. The average molecular weight is 357 g/mol. The fourth-order valence-electron chi connectivity index (χ4n) is 2.32. The second kappa shape index (κ2) is 6.70. The highest BCUT2D eigenvalue weighted by Gasteiger charge is 2.10. The average Bonchev–Trinajstić information content (AvgIpc) is 3.32. The summed E-state index contributed by atoms with van der Waals surface area (Å²) in [6.45, 7) is 2.63. The molecule has 122 valence electrons. The first-order valence-electron chi connectivity index (χ1n) is 7.55. The second-order valence-corrected chi connectivity index (χ2v) is 6.98. The maximum Gasteiger partial charge on any atom is 0.236 e. The van der Waals surface area contributed by atoms with Crippen molar-refractivity contribution < 1.29 is 9.15 Å². The summed E-state index contributed by atoms with van der Waals surface area (Å²) >= 11 is 3.22. The zero-order valence-corrected chi connectivity index (χ0v) is 14.6. The third-order valence-corrected chi connectivity index (χ3v) is 5.15. The molecular formula is C17H15N3O2S2. The van der Waals surface area contributed by atoms with Crippen molar-refractivity contribution in [2.45, 2.75) is 17.8 Å². The molecule has 0 aliphatic heterocycles. The number of ether oxygens (including phenoxy) is 1. The minimum atomic E-state index is 0.653. The molecule has 0 bridgehead atoms. The van der Waals surface area contributed by atoms with E-state index in [1.54, 1.807) is 29.4 Å². The van der Waals surface area contributed by atoms with Gasteiger partial charge in [-0.15, -0.1) is 11.3 Å². The molecule has 5 nitrogen and oxygen atoms in total. The number of hydrogen-bond acceptors (Lipinski definition) is 6. The van der Waals surface area contributed by atoms with Crippen molar-refractivity contribution in [3.05, 3.63) is 47.7 Å². The predicted octanol–water partition coefficient (Wildman–Crippen LogP) is 4.97. The van der Waals surface area contributed by atoms with Crippen LogP contribution in [0.15, 0.2) is 51.5 Å². The van der Waals surface area contributed by atoms with Crippen molar-refractivity contribution in [1.82, 2.24) is 15.0 Å². The Hall–Kier alpha value is -2.25. The molecule has 4 aromatic rings. The number of nitrogens with one attached hydrogen (secondary N) is 1. The Bertz CT molecular complexity index is 944. The molecule has 4 rings (SSSR count). The van der Waals surface area contributed by atoms with Crippen LogP contribution in [0, 0.1) is 0 Å². The van der Waals surface area contributed by atoms with Gasteiger partial charge >= 0.3 is 0 Å². The molecule has 0 aliphatic rings. The number of aromatic amines is 1. The molecule has 3 aromatic heterocycles. The van der Waals surface area contributed by atoms with Crippen LogP contribution in [-0.2, 0) is 5.75 Å². The van der Waals surface area contributed by atoms with E-state index in [2.05, 4.69) is 15.0 Å². The van der Waals surface area contributed by atoms with Crippen LogP contribution in [0.5, 0.6) is 5.75 Å². The molecule has 0 radical (unpaired) electrons. The summed E-state index contributed by atoms with van der Waals surface area (Å²) in [5.41, 5.74) is 2.81. The molecule has 0 saturated heterocycles. The van der Waals surface area contributed by atoms with Crippen molar-refractivity contribution in [2.75, 3.05) is 6.61 Å². The number of oxazole rings is 1. The summed E-state index contributed by atoms with van der Waals surface area (Å²) in [4.78, 5) is 13.5. The van der Waals surface area contributed by atoms with Gasteiger partial charge in [0.25, 0.3) is 0 Å². The van der Waals surface area contributed by atoms with E-state index in [-0.39, 0.29) is 0 Å². The molecule has 1 aromatic carbocycles. The highest BCUT2D eigenvalue weighted by Crippen LogP contribution is 2.28. The highest BCUT2D eigenvalue weighted by molar-refractivity contribution is 7.98. The number of imidazole rings is 1. The lowest BCUT2D eigenvalue weighted by molar-refractivity contribution is 0.340. The normalized spacial score (nSPS) is 11.2. The minimum Gasteiger partial charge on any atom is -0.494 e.